The summed E-state index contributed by atoms with van der Waals surface area (Å²) in [6, 6.07) is 18.9. The second-order valence-corrected chi connectivity index (χ2v) is 11.1. The number of sulfonamides is 1. The highest BCUT2D eigenvalue weighted by atomic mass is 32.2. The van der Waals surface area contributed by atoms with Crippen LogP contribution in [0.2, 0.25) is 0 Å². The normalized spacial score (nSPS) is 11.9. The molecule has 1 N–H and O–H groups in total. The predicted molar refractivity (Wildman–Crippen MR) is 153 cm³/mol. The standard InChI is InChI=1S/C30H36FN3O5S/c1-4-6-19-32-30(36)28(5-2)33(21-23-11-10-12-26(20-23)39-3)29(35)22-34(25-17-15-24(31)16-18-25)40(37,38)27-13-8-7-9-14-27/h7-18,20,28H,4-6,19,21-22H2,1-3H3,(H,32,36)/t28-/m1/s1. The number of unbranched alkanes of at least 4 members (excludes halogenated alkanes) is 1. The maximum Gasteiger partial charge on any atom is 0.264 e. The van der Waals surface area contributed by atoms with E-state index >= 15 is 0 Å². The Morgan fingerprint density at radius 1 is 0.975 bits per heavy atom. The summed E-state index contributed by atoms with van der Waals surface area (Å²) in [7, 11) is -2.67. The Balaban J connectivity index is 2.02. The molecule has 0 heterocycles. The van der Waals surface area contributed by atoms with Crippen LogP contribution in [0.5, 0.6) is 5.75 Å². The van der Waals surface area contributed by atoms with Crippen molar-refractivity contribution >= 4 is 27.5 Å². The molecule has 3 aromatic carbocycles. The van der Waals surface area contributed by atoms with E-state index in [1.54, 1.807) is 43.3 Å². The van der Waals surface area contributed by atoms with Crippen molar-refractivity contribution in [1.29, 1.82) is 0 Å². The topological polar surface area (TPSA) is 96.0 Å². The number of ether oxygens (including phenoxy) is 1. The highest BCUT2D eigenvalue weighted by Gasteiger charge is 2.33. The quantitative estimate of drug-likeness (QED) is 0.283. The van der Waals surface area contributed by atoms with Crippen molar-refractivity contribution in [3.63, 3.8) is 0 Å². The summed E-state index contributed by atoms with van der Waals surface area (Å²) in [6.45, 7) is 3.74. The molecule has 2 amide bonds. The molecule has 10 heteroatoms. The third-order valence-corrected chi connectivity index (χ3v) is 8.22. The van der Waals surface area contributed by atoms with Crippen molar-refractivity contribution in [2.75, 3.05) is 24.5 Å². The summed E-state index contributed by atoms with van der Waals surface area (Å²) in [6.07, 6.45) is 2.00. The monoisotopic (exact) mass is 569 g/mol. The van der Waals surface area contributed by atoms with Crippen LogP contribution in [0.1, 0.15) is 38.7 Å². The van der Waals surface area contributed by atoms with Crippen molar-refractivity contribution in [3.05, 3.63) is 90.2 Å². The molecule has 3 aromatic rings. The van der Waals surface area contributed by atoms with Gasteiger partial charge in [0.25, 0.3) is 10.0 Å². The number of carbonyl (C=O) groups excluding carboxylic acids is 2. The first-order valence-electron chi connectivity index (χ1n) is 13.2. The number of benzene rings is 3. The van der Waals surface area contributed by atoms with E-state index in [1.165, 1.54) is 36.3 Å². The molecular formula is C30H36FN3O5S. The minimum atomic E-state index is -4.21. The molecule has 0 aromatic heterocycles. The van der Waals surface area contributed by atoms with Crippen molar-refractivity contribution in [1.82, 2.24) is 10.2 Å². The lowest BCUT2D eigenvalue weighted by Gasteiger charge is -2.33. The Hall–Kier alpha value is -3.92. The number of halogens is 1. The molecule has 0 saturated carbocycles. The van der Waals surface area contributed by atoms with Crippen molar-refractivity contribution in [3.8, 4) is 5.75 Å². The largest absolute Gasteiger partial charge is 0.497 e. The number of carbonyl (C=O) groups is 2. The summed E-state index contributed by atoms with van der Waals surface area (Å²) < 4.78 is 47.5. The molecule has 0 aliphatic heterocycles. The average molecular weight is 570 g/mol. The zero-order valence-electron chi connectivity index (χ0n) is 23.0. The van der Waals surface area contributed by atoms with E-state index in [0.717, 1.165) is 29.3 Å². The highest BCUT2D eigenvalue weighted by Crippen LogP contribution is 2.25. The number of anilines is 1. The Morgan fingerprint density at radius 3 is 2.30 bits per heavy atom. The number of nitrogens with one attached hydrogen (secondary N) is 1. The van der Waals surface area contributed by atoms with Crippen LogP contribution in [0.15, 0.2) is 83.8 Å². The fourth-order valence-corrected chi connectivity index (χ4v) is 5.68. The minimum absolute atomic E-state index is 0.0178. The van der Waals surface area contributed by atoms with Gasteiger partial charge in [0.2, 0.25) is 11.8 Å². The molecule has 0 unspecified atom stereocenters. The molecule has 0 bridgehead atoms. The van der Waals surface area contributed by atoms with Gasteiger partial charge in [-0.15, -0.1) is 0 Å². The Morgan fingerprint density at radius 2 is 1.68 bits per heavy atom. The summed E-state index contributed by atoms with van der Waals surface area (Å²) >= 11 is 0. The number of hydrogen-bond acceptors (Lipinski definition) is 5. The molecular weight excluding hydrogens is 533 g/mol. The van der Waals surface area contributed by atoms with E-state index in [4.69, 9.17) is 4.74 Å². The van der Waals surface area contributed by atoms with Gasteiger partial charge in [-0.2, -0.15) is 0 Å². The molecule has 214 valence electrons. The second-order valence-electron chi connectivity index (χ2n) is 9.24. The van der Waals surface area contributed by atoms with Gasteiger partial charge in [-0.1, -0.05) is 50.6 Å². The minimum Gasteiger partial charge on any atom is -0.497 e. The van der Waals surface area contributed by atoms with Gasteiger partial charge in [0, 0.05) is 13.1 Å². The number of hydrogen-bond donors (Lipinski definition) is 1. The fraction of sp³-hybridized carbons (Fsp3) is 0.333. The zero-order chi connectivity index (χ0) is 29.1. The Kier molecular flexibility index (Phi) is 11.1. The summed E-state index contributed by atoms with van der Waals surface area (Å²) in [5.41, 5.74) is 0.840. The van der Waals surface area contributed by atoms with E-state index in [9.17, 15) is 22.4 Å². The van der Waals surface area contributed by atoms with E-state index in [1.807, 2.05) is 13.0 Å². The molecule has 0 radical (unpaired) electrons. The van der Waals surface area contributed by atoms with Crippen LogP contribution in [0.25, 0.3) is 0 Å². The van der Waals surface area contributed by atoms with Gasteiger partial charge in [-0.05, 0) is 66.9 Å². The zero-order valence-corrected chi connectivity index (χ0v) is 23.9. The molecule has 8 nitrogen and oxygen atoms in total. The van der Waals surface area contributed by atoms with Crippen LogP contribution in [-0.2, 0) is 26.2 Å². The maximum atomic E-state index is 14.0. The molecule has 0 aliphatic carbocycles. The van der Waals surface area contributed by atoms with Gasteiger partial charge >= 0.3 is 0 Å². The molecule has 0 fully saturated rings. The predicted octanol–water partition coefficient (Wildman–Crippen LogP) is 4.75. The number of rotatable bonds is 14. The number of nitrogens with zero attached hydrogens (tertiary/aromatic N) is 2. The Labute approximate surface area is 235 Å². The lowest BCUT2D eigenvalue weighted by atomic mass is 10.1. The third kappa shape index (κ3) is 7.81. The number of amides is 2. The first-order chi connectivity index (χ1) is 19.2. The highest BCUT2D eigenvalue weighted by molar-refractivity contribution is 7.92. The van der Waals surface area contributed by atoms with Gasteiger partial charge in [-0.25, -0.2) is 12.8 Å². The van der Waals surface area contributed by atoms with Crippen LogP contribution in [-0.4, -0.2) is 51.4 Å². The third-order valence-electron chi connectivity index (χ3n) is 6.43. The molecule has 3 rings (SSSR count). The summed E-state index contributed by atoms with van der Waals surface area (Å²) in [5, 5.41) is 2.89. The summed E-state index contributed by atoms with van der Waals surface area (Å²) in [4.78, 5) is 28.6. The first-order valence-corrected chi connectivity index (χ1v) is 14.7. The molecule has 1 atom stereocenters. The lowest BCUT2D eigenvalue weighted by Crippen LogP contribution is -2.52. The molecule has 0 spiro atoms. The van der Waals surface area contributed by atoms with Gasteiger partial charge in [0.05, 0.1) is 17.7 Å². The Bertz CT molecular complexity index is 1370. The average Bonchev–Trinajstić information content (AvgIpc) is 2.97. The van der Waals surface area contributed by atoms with E-state index in [2.05, 4.69) is 5.32 Å². The second kappa shape index (κ2) is 14.5. The van der Waals surface area contributed by atoms with Crippen molar-refractivity contribution in [2.24, 2.45) is 0 Å². The van der Waals surface area contributed by atoms with Crippen molar-refractivity contribution in [2.45, 2.75) is 50.6 Å². The van der Waals surface area contributed by atoms with Gasteiger partial charge in [0.1, 0.15) is 24.2 Å². The fourth-order valence-electron chi connectivity index (χ4n) is 4.25. The van der Waals surface area contributed by atoms with Crippen LogP contribution in [0, 0.1) is 5.82 Å². The SMILES string of the molecule is CCCCNC(=O)[C@@H](CC)N(Cc1cccc(OC)c1)C(=O)CN(c1ccc(F)cc1)S(=O)(=O)c1ccccc1. The smallest absolute Gasteiger partial charge is 0.264 e. The van der Waals surface area contributed by atoms with E-state index < -0.39 is 34.3 Å². The van der Waals surface area contributed by atoms with Crippen molar-refractivity contribution < 1.29 is 27.1 Å². The summed E-state index contributed by atoms with van der Waals surface area (Å²) in [5.74, 6) is -0.845. The van der Waals surface area contributed by atoms with Crippen LogP contribution in [0.3, 0.4) is 0 Å². The first kappa shape index (κ1) is 30.6. The lowest BCUT2D eigenvalue weighted by molar-refractivity contribution is -0.140. The molecule has 0 saturated heterocycles. The van der Waals surface area contributed by atoms with Gasteiger partial charge < -0.3 is 15.0 Å². The van der Waals surface area contributed by atoms with Crippen LogP contribution < -0.4 is 14.4 Å². The molecule has 40 heavy (non-hydrogen) atoms. The van der Waals surface area contributed by atoms with E-state index in [-0.39, 0.29) is 23.0 Å². The van der Waals surface area contributed by atoms with Crippen LogP contribution >= 0.6 is 0 Å². The van der Waals surface area contributed by atoms with Gasteiger partial charge in [0.15, 0.2) is 0 Å². The van der Waals surface area contributed by atoms with E-state index in [0.29, 0.717) is 24.3 Å². The maximum absolute atomic E-state index is 14.0. The van der Waals surface area contributed by atoms with Gasteiger partial charge in [-0.3, -0.25) is 13.9 Å². The number of methoxy groups -OCH3 is 1. The van der Waals surface area contributed by atoms with Crippen LogP contribution in [0.4, 0.5) is 10.1 Å². The molecule has 0 aliphatic rings.